The molecule has 1 N–H and O–H groups in total. The molecular formula is C10H15ClF2N2. The van der Waals surface area contributed by atoms with Crippen molar-refractivity contribution in [3.63, 3.8) is 0 Å². The van der Waals surface area contributed by atoms with Crippen molar-refractivity contribution in [1.82, 2.24) is 10.2 Å². The Morgan fingerprint density at radius 1 is 1.47 bits per heavy atom. The average molecular weight is 237 g/mol. The quantitative estimate of drug-likeness (QED) is 0.780. The van der Waals surface area contributed by atoms with Crippen LogP contribution in [0.4, 0.5) is 8.78 Å². The molecule has 15 heavy (non-hydrogen) atoms. The van der Waals surface area contributed by atoms with Gasteiger partial charge in [0.1, 0.15) is 0 Å². The first-order valence-electron chi connectivity index (χ1n) is 4.94. The minimum absolute atomic E-state index is 0.00329. The van der Waals surface area contributed by atoms with Crippen LogP contribution in [0.25, 0.3) is 0 Å². The third-order valence-electron chi connectivity index (χ3n) is 2.57. The molecule has 0 spiro atoms. The molecule has 0 bridgehead atoms. The van der Waals surface area contributed by atoms with Gasteiger partial charge in [0.25, 0.3) is 0 Å². The zero-order chi connectivity index (χ0) is 11.4. The van der Waals surface area contributed by atoms with Gasteiger partial charge in [0, 0.05) is 23.4 Å². The van der Waals surface area contributed by atoms with E-state index in [0.29, 0.717) is 6.42 Å². The van der Waals surface area contributed by atoms with Crippen molar-refractivity contribution in [3.05, 3.63) is 18.0 Å². The summed E-state index contributed by atoms with van der Waals surface area (Å²) in [6.07, 6.45) is -0.334. The molecule has 3 unspecified atom stereocenters. The van der Waals surface area contributed by atoms with E-state index in [1.54, 1.807) is 19.2 Å². The van der Waals surface area contributed by atoms with Gasteiger partial charge in [-0.2, -0.15) is 5.10 Å². The molecule has 0 amide bonds. The van der Waals surface area contributed by atoms with Crippen LogP contribution >= 0.6 is 11.6 Å². The maximum Gasteiger partial charge on any atom is 0.242 e. The zero-order valence-electron chi connectivity index (χ0n) is 8.75. The minimum Gasteiger partial charge on any atom is -0.285 e. The lowest BCUT2D eigenvalue weighted by molar-refractivity contribution is 0.0687. The van der Waals surface area contributed by atoms with Gasteiger partial charge in [-0.1, -0.05) is 6.92 Å². The van der Waals surface area contributed by atoms with Crippen molar-refractivity contribution in [3.8, 4) is 0 Å². The molecule has 0 aliphatic heterocycles. The number of H-pyrrole nitrogens is 1. The van der Waals surface area contributed by atoms with Gasteiger partial charge in [-0.25, -0.2) is 8.78 Å². The van der Waals surface area contributed by atoms with Crippen LogP contribution in [0, 0.1) is 5.92 Å². The van der Waals surface area contributed by atoms with Crippen molar-refractivity contribution >= 4 is 11.6 Å². The summed E-state index contributed by atoms with van der Waals surface area (Å²) >= 11 is 5.74. The third-order valence-corrected chi connectivity index (χ3v) is 2.89. The van der Waals surface area contributed by atoms with E-state index in [2.05, 4.69) is 10.2 Å². The first-order chi connectivity index (χ1) is 7.02. The van der Waals surface area contributed by atoms with Crippen LogP contribution < -0.4 is 0 Å². The van der Waals surface area contributed by atoms with Gasteiger partial charge in [0.2, 0.25) is 6.43 Å². The fourth-order valence-corrected chi connectivity index (χ4v) is 1.78. The number of aromatic amines is 1. The fraction of sp³-hybridized carbons (Fsp3) is 0.700. The minimum atomic E-state index is -2.38. The predicted molar refractivity (Wildman–Crippen MR) is 56.4 cm³/mol. The molecule has 5 heteroatoms. The standard InChI is InChI=1S/C10H15ClF2N2/c1-6(9-3-4-14-15-9)5-8(7(2)11)10(12)13/h3-4,6-8,10H,5H2,1-2H3,(H,14,15). The van der Waals surface area contributed by atoms with Crippen LogP contribution in [-0.4, -0.2) is 22.0 Å². The third kappa shape index (κ3) is 3.45. The molecule has 86 valence electrons. The molecule has 0 saturated heterocycles. The molecule has 1 aromatic heterocycles. The van der Waals surface area contributed by atoms with E-state index in [-0.39, 0.29) is 5.92 Å². The van der Waals surface area contributed by atoms with E-state index in [1.165, 1.54) is 0 Å². The first kappa shape index (κ1) is 12.4. The Morgan fingerprint density at radius 2 is 2.13 bits per heavy atom. The molecule has 2 nitrogen and oxygen atoms in total. The van der Waals surface area contributed by atoms with E-state index in [0.717, 1.165) is 5.69 Å². The number of alkyl halides is 3. The van der Waals surface area contributed by atoms with Gasteiger partial charge in [-0.05, 0) is 19.4 Å². The molecule has 1 aromatic rings. The molecule has 0 fully saturated rings. The lowest BCUT2D eigenvalue weighted by Crippen LogP contribution is -2.22. The number of halogens is 3. The zero-order valence-corrected chi connectivity index (χ0v) is 9.51. The second kappa shape index (κ2) is 5.45. The van der Waals surface area contributed by atoms with Crippen LogP contribution in [0.1, 0.15) is 31.9 Å². The number of rotatable bonds is 5. The highest BCUT2D eigenvalue weighted by molar-refractivity contribution is 6.20. The highest BCUT2D eigenvalue weighted by atomic mass is 35.5. The lowest BCUT2D eigenvalue weighted by Gasteiger charge is -2.21. The summed E-state index contributed by atoms with van der Waals surface area (Å²) in [5, 5.41) is 6.12. The Balaban J connectivity index is 2.59. The average Bonchev–Trinajstić information content (AvgIpc) is 2.65. The van der Waals surface area contributed by atoms with E-state index in [9.17, 15) is 8.78 Å². The normalized spacial score (nSPS) is 17.7. The molecule has 0 aromatic carbocycles. The van der Waals surface area contributed by atoms with E-state index in [4.69, 9.17) is 11.6 Å². The highest BCUT2D eigenvalue weighted by Crippen LogP contribution is 2.30. The van der Waals surface area contributed by atoms with Crippen molar-refractivity contribution in [2.45, 2.75) is 38.0 Å². The Bertz CT molecular complexity index is 267. The van der Waals surface area contributed by atoms with Crippen LogP contribution in [-0.2, 0) is 0 Å². The molecule has 0 aliphatic rings. The summed E-state index contributed by atoms with van der Waals surface area (Å²) in [6, 6.07) is 1.80. The maximum absolute atomic E-state index is 12.6. The number of hydrogen-bond donors (Lipinski definition) is 1. The molecule has 3 atom stereocenters. The fourth-order valence-electron chi connectivity index (χ4n) is 1.57. The van der Waals surface area contributed by atoms with Crippen LogP contribution in [0.2, 0.25) is 0 Å². The number of aromatic nitrogens is 2. The van der Waals surface area contributed by atoms with Gasteiger partial charge in [-0.3, -0.25) is 5.10 Å². The van der Waals surface area contributed by atoms with Crippen molar-refractivity contribution in [2.75, 3.05) is 0 Å². The smallest absolute Gasteiger partial charge is 0.242 e. The molecule has 0 saturated carbocycles. The van der Waals surface area contributed by atoms with Crippen LogP contribution in [0.3, 0.4) is 0 Å². The molecular weight excluding hydrogens is 222 g/mol. The van der Waals surface area contributed by atoms with Crippen LogP contribution in [0.5, 0.6) is 0 Å². The predicted octanol–water partition coefficient (Wildman–Crippen LogP) is 3.41. The van der Waals surface area contributed by atoms with Gasteiger partial charge in [-0.15, -0.1) is 11.6 Å². The summed E-state index contributed by atoms with van der Waals surface area (Å²) in [5.41, 5.74) is 0.804. The highest BCUT2D eigenvalue weighted by Gasteiger charge is 2.28. The molecule has 0 aliphatic carbocycles. The summed E-state index contributed by atoms with van der Waals surface area (Å²) < 4.78 is 25.3. The second-order valence-corrected chi connectivity index (χ2v) is 4.50. The van der Waals surface area contributed by atoms with Crippen molar-refractivity contribution in [2.24, 2.45) is 5.92 Å². The summed E-state index contributed by atoms with van der Waals surface area (Å²) in [6.45, 7) is 3.49. The Morgan fingerprint density at radius 3 is 2.53 bits per heavy atom. The molecule has 1 heterocycles. The van der Waals surface area contributed by atoms with Gasteiger partial charge in [0.05, 0.1) is 5.69 Å². The maximum atomic E-state index is 12.6. The van der Waals surface area contributed by atoms with E-state index < -0.39 is 17.7 Å². The summed E-state index contributed by atoms with van der Waals surface area (Å²) in [5.74, 6) is -0.783. The van der Waals surface area contributed by atoms with Gasteiger partial charge >= 0.3 is 0 Å². The van der Waals surface area contributed by atoms with E-state index in [1.807, 2.05) is 6.92 Å². The first-order valence-corrected chi connectivity index (χ1v) is 5.38. The van der Waals surface area contributed by atoms with E-state index >= 15 is 0 Å². The van der Waals surface area contributed by atoms with Gasteiger partial charge < -0.3 is 0 Å². The SMILES string of the molecule is CC(CC(C(F)F)C(C)Cl)c1cc[nH]n1. The number of nitrogens with one attached hydrogen (secondary N) is 1. The Kier molecular flexibility index (Phi) is 4.51. The summed E-state index contributed by atoms with van der Waals surface area (Å²) in [7, 11) is 0. The van der Waals surface area contributed by atoms with Gasteiger partial charge in [0.15, 0.2) is 0 Å². The molecule has 0 radical (unpaired) electrons. The largest absolute Gasteiger partial charge is 0.285 e. The monoisotopic (exact) mass is 236 g/mol. The van der Waals surface area contributed by atoms with Crippen molar-refractivity contribution < 1.29 is 8.78 Å². The second-order valence-electron chi connectivity index (χ2n) is 3.81. The topological polar surface area (TPSA) is 28.7 Å². The Labute approximate surface area is 93.0 Å². The Hall–Kier alpha value is -0.640. The number of hydrogen-bond acceptors (Lipinski definition) is 1. The molecule has 1 rings (SSSR count). The summed E-state index contributed by atoms with van der Waals surface area (Å²) in [4.78, 5) is 0. The van der Waals surface area contributed by atoms with Crippen LogP contribution in [0.15, 0.2) is 12.3 Å². The van der Waals surface area contributed by atoms with Crippen molar-refractivity contribution in [1.29, 1.82) is 0 Å². The number of nitrogens with zero attached hydrogens (tertiary/aromatic N) is 1. The lowest BCUT2D eigenvalue weighted by atomic mass is 9.92.